The minimum Gasteiger partial charge on any atom is -0.426 e. The van der Waals surface area contributed by atoms with Crippen LogP contribution in [0.1, 0.15) is 195 Å². The Morgan fingerprint density at radius 3 is 0.510 bits per heavy atom. The highest BCUT2D eigenvalue weighted by atomic mass is 32.1. The highest BCUT2D eigenvalue weighted by Gasteiger charge is 2.32. The highest BCUT2D eigenvalue weighted by molar-refractivity contribution is 7.81. The molecule has 0 atom stereocenters. The average Bonchev–Trinajstić information content (AvgIpc) is 0.886. The summed E-state index contributed by atoms with van der Waals surface area (Å²) in [5.41, 5.74) is 0. The van der Waals surface area contributed by atoms with Gasteiger partial charge in [0.1, 0.15) is 57.8 Å². The van der Waals surface area contributed by atoms with Crippen LogP contribution in [-0.2, 0) is 24.0 Å². The summed E-state index contributed by atoms with van der Waals surface area (Å²) >= 11 is 23.8. The summed E-state index contributed by atoms with van der Waals surface area (Å²) in [6.45, 7) is 10.9. The molecule has 10 nitrogen and oxygen atoms in total. The fourth-order valence-electron chi connectivity index (χ4n) is 12.8. The summed E-state index contributed by atoms with van der Waals surface area (Å²) in [5.74, 6) is 0.856. The lowest BCUT2D eigenvalue weighted by Crippen LogP contribution is -2.25. The van der Waals surface area contributed by atoms with Gasteiger partial charge in [-0.05, 0) is 219 Å². The molecule has 0 aromatic heterocycles. The van der Waals surface area contributed by atoms with E-state index in [0.717, 1.165) is 158 Å². The smallest absolute Gasteiger partial charge is 0.314 e. The van der Waals surface area contributed by atoms with E-state index in [1.807, 2.05) is 0 Å². The molecule has 0 bridgehead atoms. The van der Waals surface area contributed by atoms with E-state index >= 15 is 0 Å². The van der Waals surface area contributed by atoms with Crippen LogP contribution in [0, 0.1) is 88.3 Å². The molecule has 0 unspecified atom stereocenters. The molecular formula is C75H95F10O10S5. The molecule has 5 radical (unpaired) electrons. The molecule has 0 aliphatic heterocycles. The molecule has 0 spiro atoms. The zero-order chi connectivity index (χ0) is 69.1. The summed E-state index contributed by atoms with van der Waals surface area (Å²) in [6, 6.07) is 20.8. The van der Waals surface area contributed by atoms with Gasteiger partial charge in [0.15, 0.2) is 0 Å². The first kappa shape index (κ1) is 91.9. The molecule has 555 valence electrons. The van der Waals surface area contributed by atoms with Crippen molar-refractivity contribution in [2.45, 2.75) is 220 Å². The molecule has 0 saturated heterocycles. The first-order chi connectivity index (χ1) is 45.5. The fraction of sp³-hybridized carbons (Fsp3) is 0.533. The molecule has 5 aromatic rings. The predicted molar refractivity (Wildman–Crippen MR) is 381 cm³/mol. The number of esters is 5. The summed E-state index contributed by atoms with van der Waals surface area (Å²) in [7, 11) is 0. The second-order valence-corrected chi connectivity index (χ2v) is 27.9. The van der Waals surface area contributed by atoms with E-state index in [-0.39, 0.29) is 136 Å². The van der Waals surface area contributed by atoms with Gasteiger partial charge in [-0.25, -0.2) is 22.0 Å². The molecule has 5 aliphatic carbocycles. The number of rotatable bonds is 15. The number of benzene rings is 5. The van der Waals surface area contributed by atoms with Crippen LogP contribution in [0.5, 0.6) is 28.7 Å². The van der Waals surface area contributed by atoms with Crippen molar-refractivity contribution in [2.24, 2.45) is 59.2 Å². The number of carbonyl (C=O) groups is 5. The summed E-state index contributed by atoms with van der Waals surface area (Å²) in [6.07, 6.45) is 25.4. The molecular weight excluding hydrogens is 1410 g/mol. The number of carbonyl (C=O) groups excluding carboxylic acids is 5. The van der Waals surface area contributed by atoms with Gasteiger partial charge in [-0.15, -0.1) is 0 Å². The maximum Gasteiger partial charge on any atom is 0.314 e. The molecule has 5 aromatic carbocycles. The quantitative estimate of drug-likeness (QED) is 0.0567. The Balaban J connectivity index is 0.000000617. The van der Waals surface area contributed by atoms with Gasteiger partial charge in [0.2, 0.25) is 0 Å². The Kier molecular flexibility index (Phi) is 43.3. The van der Waals surface area contributed by atoms with Crippen molar-refractivity contribution in [3.05, 3.63) is 120 Å². The van der Waals surface area contributed by atoms with E-state index in [2.05, 4.69) is 34.6 Å². The van der Waals surface area contributed by atoms with Gasteiger partial charge in [0.05, 0.1) is 54.1 Å². The van der Waals surface area contributed by atoms with Crippen molar-refractivity contribution in [1.82, 2.24) is 0 Å². The average molecular weight is 1510 g/mol. The summed E-state index contributed by atoms with van der Waals surface area (Å²) in [4.78, 5) is 60.6. The Morgan fingerprint density at radius 1 is 0.270 bits per heavy atom. The van der Waals surface area contributed by atoms with E-state index in [4.69, 9.17) is 86.8 Å². The Bertz CT molecular complexity index is 2780. The molecule has 10 rings (SSSR count). The Morgan fingerprint density at radius 2 is 0.400 bits per heavy atom. The van der Waals surface area contributed by atoms with Crippen LogP contribution in [-0.4, -0.2) is 29.8 Å². The highest BCUT2D eigenvalue weighted by Crippen LogP contribution is 2.37. The first-order valence-electron chi connectivity index (χ1n) is 33.9. The van der Waals surface area contributed by atoms with E-state index in [0.29, 0.717) is 0 Å². The van der Waals surface area contributed by atoms with Gasteiger partial charge in [0.25, 0.3) is 0 Å². The van der Waals surface area contributed by atoms with Crippen molar-refractivity contribution < 1.29 is 93.1 Å². The Hall–Kier alpha value is -6.15. The van der Waals surface area contributed by atoms with Crippen LogP contribution in [0.2, 0.25) is 0 Å². The SMILES string of the molecule is CCC1CCC(C(=O)Oc2ccc([S])c(F)c2)CC1.CCC1CCC(C(=O)Oc2ccc([S])c(F)c2)CC1.CCC1CCC(C(=O)Oc2ccc([S])c(F)c2)CC1.CCC1CCC(C(=O)Oc2ccc([S])c(F)c2)CC1.CCC1CCC(C(=O)Oc2ccc([S])c(F)c2)CC1.F.F.F.F.F. The van der Waals surface area contributed by atoms with Crippen molar-refractivity contribution in [3.8, 4) is 28.7 Å². The Labute approximate surface area is 610 Å². The minimum absolute atomic E-state index is 0. The third-order valence-corrected chi connectivity index (χ3v) is 21.1. The van der Waals surface area contributed by atoms with Gasteiger partial charge in [-0.3, -0.25) is 47.5 Å². The predicted octanol–water partition coefficient (Wildman–Crippen LogP) is 23.3. The molecule has 100 heavy (non-hydrogen) atoms. The fourth-order valence-corrected chi connectivity index (χ4v) is 13.4. The zero-order valence-corrected chi connectivity index (χ0v) is 61.2. The maximum atomic E-state index is 13.3. The number of ether oxygens (including phenoxy) is 5. The molecule has 0 amide bonds. The van der Waals surface area contributed by atoms with Crippen LogP contribution in [0.25, 0.3) is 0 Å². The molecule has 5 fully saturated rings. The molecule has 0 heterocycles. The van der Waals surface area contributed by atoms with E-state index in [9.17, 15) is 45.9 Å². The lowest BCUT2D eigenvalue weighted by atomic mass is 9.81. The van der Waals surface area contributed by atoms with Gasteiger partial charge in [-0.1, -0.05) is 130 Å². The van der Waals surface area contributed by atoms with Gasteiger partial charge in [-0.2, -0.15) is 0 Å². The van der Waals surface area contributed by atoms with Crippen molar-refractivity contribution in [1.29, 1.82) is 0 Å². The van der Waals surface area contributed by atoms with E-state index in [1.54, 1.807) is 30.3 Å². The van der Waals surface area contributed by atoms with Crippen LogP contribution >= 0.6 is 63.1 Å². The lowest BCUT2D eigenvalue weighted by Gasteiger charge is -2.26. The monoisotopic (exact) mass is 1510 g/mol. The van der Waals surface area contributed by atoms with Crippen molar-refractivity contribution >= 4 is 93.0 Å². The van der Waals surface area contributed by atoms with Gasteiger partial charge in [0, 0.05) is 30.3 Å². The number of hydrogen-bond acceptors (Lipinski definition) is 10. The minimum atomic E-state index is -0.519. The first-order valence-corrected chi connectivity index (χ1v) is 35.9. The standard InChI is InChI=1S/5C15H18FO2S.5FH/c5*1-2-10-3-5-11(6-4-10)15(17)18-12-7-8-14(19)13(16)9-12;;;;;/h5*7-11H,2-6H2,1H3;5*1H. The van der Waals surface area contributed by atoms with Gasteiger partial charge >= 0.3 is 29.8 Å². The maximum absolute atomic E-state index is 13.3. The second-order valence-electron chi connectivity index (χ2n) is 25.7. The second kappa shape index (κ2) is 47.2. The third-order valence-electron chi connectivity index (χ3n) is 19.4. The molecule has 5 saturated carbocycles. The van der Waals surface area contributed by atoms with Gasteiger partial charge < -0.3 is 23.7 Å². The summed E-state index contributed by atoms with van der Waals surface area (Å²) in [5, 5.41) is 0. The van der Waals surface area contributed by atoms with E-state index in [1.165, 1.54) is 92.8 Å². The van der Waals surface area contributed by atoms with Crippen LogP contribution in [0.3, 0.4) is 0 Å². The molecule has 0 N–H and O–H groups in total. The number of halogens is 10. The normalized spacial score (nSPS) is 21.9. The van der Waals surface area contributed by atoms with Crippen LogP contribution in [0.4, 0.5) is 45.5 Å². The number of hydrogen-bond donors (Lipinski definition) is 0. The summed E-state index contributed by atoms with van der Waals surface area (Å²) < 4.78 is 92.5. The lowest BCUT2D eigenvalue weighted by molar-refractivity contribution is -0.141. The zero-order valence-electron chi connectivity index (χ0n) is 57.2. The third kappa shape index (κ3) is 30.0. The largest absolute Gasteiger partial charge is 0.426 e. The van der Waals surface area contributed by atoms with Crippen molar-refractivity contribution in [2.75, 3.05) is 0 Å². The van der Waals surface area contributed by atoms with Crippen LogP contribution in [0.15, 0.2) is 115 Å². The van der Waals surface area contributed by atoms with E-state index < -0.39 is 29.1 Å². The topological polar surface area (TPSA) is 132 Å². The van der Waals surface area contributed by atoms with Crippen LogP contribution < -0.4 is 23.7 Å². The molecule has 25 heteroatoms. The molecule has 5 aliphatic rings. The van der Waals surface area contributed by atoms with Crippen molar-refractivity contribution in [3.63, 3.8) is 0 Å².